The van der Waals surface area contributed by atoms with E-state index in [0.29, 0.717) is 23.5 Å². The third-order valence-electron chi connectivity index (χ3n) is 3.76. The van der Waals surface area contributed by atoms with E-state index in [1.807, 2.05) is 0 Å². The number of nitrogens with zero attached hydrogens (tertiary/aromatic N) is 1. The number of aromatic nitrogens is 1. The second-order valence-electron chi connectivity index (χ2n) is 5.21. The highest BCUT2D eigenvalue weighted by Gasteiger charge is 2.20. The molecule has 0 spiro atoms. The SMILES string of the molecule is C#CCCNC(=O)c1sc2nc3c(cc2c1N)CCCC3. The molecule has 2 aromatic heterocycles. The fraction of sp³-hybridized carbons (Fsp3) is 0.375. The van der Waals surface area contributed by atoms with Gasteiger partial charge in [-0.25, -0.2) is 4.98 Å². The van der Waals surface area contributed by atoms with Gasteiger partial charge in [0.05, 0.1) is 5.69 Å². The van der Waals surface area contributed by atoms with Crippen LogP contribution < -0.4 is 11.1 Å². The van der Waals surface area contributed by atoms with E-state index in [9.17, 15) is 4.79 Å². The molecule has 0 radical (unpaired) electrons. The Labute approximate surface area is 127 Å². The van der Waals surface area contributed by atoms with E-state index in [-0.39, 0.29) is 5.91 Å². The first-order valence-electron chi connectivity index (χ1n) is 7.13. The predicted molar refractivity (Wildman–Crippen MR) is 86.5 cm³/mol. The standard InChI is InChI=1S/C16H17N3OS/c1-2-3-8-18-15(20)14-13(17)11-9-10-6-4-5-7-12(10)19-16(11)21-14/h1,9H,3-8,17H2,(H,18,20). The van der Waals surface area contributed by atoms with E-state index in [1.165, 1.54) is 29.7 Å². The van der Waals surface area contributed by atoms with Gasteiger partial charge in [0.2, 0.25) is 0 Å². The van der Waals surface area contributed by atoms with Crippen molar-refractivity contribution in [1.82, 2.24) is 10.3 Å². The fourth-order valence-electron chi connectivity index (χ4n) is 2.66. The summed E-state index contributed by atoms with van der Waals surface area (Å²) in [6.45, 7) is 0.465. The fourth-order valence-corrected chi connectivity index (χ4v) is 3.67. The first kappa shape index (κ1) is 13.9. The number of anilines is 1. The van der Waals surface area contributed by atoms with E-state index >= 15 is 0 Å². The first-order chi connectivity index (χ1) is 10.2. The Hall–Kier alpha value is -2.06. The Morgan fingerprint density at radius 1 is 1.48 bits per heavy atom. The number of aryl methyl sites for hydroxylation is 2. The van der Waals surface area contributed by atoms with E-state index in [4.69, 9.17) is 17.1 Å². The molecular formula is C16H17N3OS. The number of terminal acetylenes is 1. The van der Waals surface area contributed by atoms with Crippen LogP contribution in [0.2, 0.25) is 0 Å². The van der Waals surface area contributed by atoms with Crippen LogP contribution >= 0.6 is 11.3 Å². The zero-order chi connectivity index (χ0) is 14.8. The van der Waals surface area contributed by atoms with Crippen LogP contribution in [0.3, 0.4) is 0 Å². The van der Waals surface area contributed by atoms with Crippen LogP contribution in [0.5, 0.6) is 0 Å². The van der Waals surface area contributed by atoms with Crippen LogP contribution in [0.4, 0.5) is 5.69 Å². The zero-order valence-corrected chi connectivity index (χ0v) is 12.6. The molecule has 0 aliphatic heterocycles. The smallest absolute Gasteiger partial charge is 0.263 e. The quantitative estimate of drug-likeness (QED) is 0.676. The third kappa shape index (κ3) is 2.59. The lowest BCUT2D eigenvalue weighted by Gasteiger charge is -2.14. The van der Waals surface area contributed by atoms with Crippen LogP contribution in [0.25, 0.3) is 10.2 Å². The number of pyridine rings is 1. The first-order valence-corrected chi connectivity index (χ1v) is 7.94. The summed E-state index contributed by atoms with van der Waals surface area (Å²) in [5.74, 6) is 2.33. The number of rotatable bonds is 3. The second-order valence-corrected chi connectivity index (χ2v) is 6.21. The molecule has 1 aliphatic carbocycles. The van der Waals surface area contributed by atoms with Gasteiger partial charge in [-0.15, -0.1) is 23.7 Å². The molecular weight excluding hydrogens is 282 g/mol. The molecule has 2 heterocycles. The highest BCUT2D eigenvalue weighted by molar-refractivity contribution is 7.21. The maximum absolute atomic E-state index is 12.2. The molecule has 2 aromatic rings. The molecule has 0 saturated carbocycles. The minimum Gasteiger partial charge on any atom is -0.397 e. The number of nitrogens with two attached hydrogens (primary N) is 1. The van der Waals surface area contributed by atoms with Crippen LogP contribution in [-0.2, 0) is 12.8 Å². The molecule has 108 valence electrons. The van der Waals surface area contributed by atoms with E-state index in [2.05, 4.69) is 17.3 Å². The van der Waals surface area contributed by atoms with Gasteiger partial charge in [-0.3, -0.25) is 4.79 Å². The molecule has 0 unspecified atom stereocenters. The van der Waals surface area contributed by atoms with Crippen molar-refractivity contribution in [3.8, 4) is 12.3 Å². The van der Waals surface area contributed by atoms with Gasteiger partial charge in [-0.05, 0) is 37.3 Å². The summed E-state index contributed by atoms with van der Waals surface area (Å²) in [5.41, 5.74) is 9.12. The van der Waals surface area contributed by atoms with E-state index in [0.717, 1.165) is 28.8 Å². The van der Waals surface area contributed by atoms with Gasteiger partial charge in [0.15, 0.2) is 0 Å². The summed E-state index contributed by atoms with van der Waals surface area (Å²) in [4.78, 5) is 18.3. The maximum atomic E-state index is 12.2. The molecule has 3 rings (SSSR count). The van der Waals surface area contributed by atoms with Gasteiger partial charge >= 0.3 is 0 Å². The van der Waals surface area contributed by atoms with Crippen molar-refractivity contribution in [1.29, 1.82) is 0 Å². The van der Waals surface area contributed by atoms with Crippen LogP contribution in [-0.4, -0.2) is 17.4 Å². The number of amides is 1. The lowest BCUT2D eigenvalue weighted by Crippen LogP contribution is -2.23. The summed E-state index contributed by atoms with van der Waals surface area (Å²) in [5, 5.41) is 3.70. The van der Waals surface area contributed by atoms with Crippen LogP contribution in [0.1, 0.15) is 40.2 Å². The molecule has 1 amide bonds. The summed E-state index contributed by atoms with van der Waals surface area (Å²) < 4.78 is 0. The van der Waals surface area contributed by atoms with Crippen molar-refractivity contribution in [3.05, 3.63) is 22.2 Å². The van der Waals surface area contributed by atoms with Gasteiger partial charge < -0.3 is 11.1 Å². The van der Waals surface area contributed by atoms with E-state index < -0.39 is 0 Å². The number of fused-ring (bicyclic) bond motifs is 2. The largest absolute Gasteiger partial charge is 0.397 e. The Balaban J connectivity index is 1.96. The molecule has 0 aromatic carbocycles. The van der Waals surface area contributed by atoms with Crippen molar-refractivity contribution >= 4 is 33.1 Å². The van der Waals surface area contributed by atoms with Gasteiger partial charge in [0, 0.05) is 24.0 Å². The molecule has 4 nitrogen and oxygen atoms in total. The van der Waals surface area contributed by atoms with Crippen molar-refractivity contribution < 1.29 is 4.79 Å². The van der Waals surface area contributed by atoms with Crippen molar-refractivity contribution in [3.63, 3.8) is 0 Å². The lowest BCUT2D eigenvalue weighted by molar-refractivity contribution is 0.0959. The summed E-state index contributed by atoms with van der Waals surface area (Å²) >= 11 is 1.36. The molecule has 0 bridgehead atoms. The monoisotopic (exact) mass is 299 g/mol. The van der Waals surface area contributed by atoms with Gasteiger partial charge in [0.25, 0.3) is 5.91 Å². The minimum atomic E-state index is -0.163. The number of thiophene rings is 1. The Morgan fingerprint density at radius 2 is 2.29 bits per heavy atom. The molecule has 21 heavy (non-hydrogen) atoms. The van der Waals surface area contributed by atoms with E-state index in [1.54, 1.807) is 0 Å². The average molecular weight is 299 g/mol. The summed E-state index contributed by atoms with van der Waals surface area (Å²) in [7, 11) is 0. The number of hydrogen-bond acceptors (Lipinski definition) is 4. The second kappa shape index (κ2) is 5.74. The maximum Gasteiger partial charge on any atom is 0.263 e. The Morgan fingerprint density at radius 3 is 3.10 bits per heavy atom. The Kier molecular flexibility index (Phi) is 3.80. The minimum absolute atomic E-state index is 0.163. The molecule has 0 atom stereocenters. The molecule has 1 aliphatic rings. The van der Waals surface area contributed by atoms with Crippen molar-refractivity contribution in [2.75, 3.05) is 12.3 Å². The summed E-state index contributed by atoms with van der Waals surface area (Å²) in [6, 6.07) is 2.11. The molecule has 0 saturated heterocycles. The summed E-state index contributed by atoms with van der Waals surface area (Å²) in [6.07, 6.45) is 10.2. The predicted octanol–water partition coefficient (Wildman–Crippen LogP) is 2.51. The van der Waals surface area contributed by atoms with Gasteiger partial charge in [-0.2, -0.15) is 0 Å². The molecule has 5 heteroatoms. The molecule has 0 fully saturated rings. The Bertz CT molecular complexity index is 742. The topological polar surface area (TPSA) is 68.0 Å². The van der Waals surface area contributed by atoms with Crippen LogP contribution in [0.15, 0.2) is 6.07 Å². The highest BCUT2D eigenvalue weighted by Crippen LogP contribution is 2.35. The van der Waals surface area contributed by atoms with Crippen molar-refractivity contribution in [2.45, 2.75) is 32.1 Å². The normalized spacial score (nSPS) is 13.7. The average Bonchev–Trinajstić information content (AvgIpc) is 2.82. The number of nitrogens with one attached hydrogen (secondary N) is 1. The van der Waals surface area contributed by atoms with Crippen molar-refractivity contribution in [2.24, 2.45) is 0 Å². The number of carbonyl (C=O) groups is 1. The zero-order valence-electron chi connectivity index (χ0n) is 11.7. The number of carbonyl (C=O) groups excluding carboxylic acids is 1. The van der Waals surface area contributed by atoms with Crippen LogP contribution in [0, 0.1) is 12.3 Å². The third-order valence-corrected chi connectivity index (χ3v) is 4.87. The number of hydrogen-bond donors (Lipinski definition) is 2. The molecule has 3 N–H and O–H groups in total. The highest BCUT2D eigenvalue weighted by atomic mass is 32.1. The van der Waals surface area contributed by atoms with Gasteiger partial charge in [-0.1, -0.05) is 0 Å². The lowest BCUT2D eigenvalue weighted by atomic mass is 9.95. The van der Waals surface area contributed by atoms with Gasteiger partial charge in [0.1, 0.15) is 9.71 Å². The number of nitrogen functional groups attached to an aromatic ring is 1.